The number of hydrogen-bond donors (Lipinski definition) is 3. The summed E-state index contributed by atoms with van der Waals surface area (Å²) in [6, 6.07) is 5.21. The number of para-hydroxylation sites is 1. The normalized spacial score (nSPS) is 18.6. The zero-order valence-corrected chi connectivity index (χ0v) is 10.4. The second-order valence-electron chi connectivity index (χ2n) is 4.36. The predicted octanol–water partition coefficient (Wildman–Crippen LogP) is 0.883. The van der Waals surface area contributed by atoms with E-state index in [9.17, 15) is 9.90 Å². The van der Waals surface area contributed by atoms with Crippen molar-refractivity contribution < 1.29 is 14.6 Å². The highest BCUT2D eigenvalue weighted by Crippen LogP contribution is 2.29. The van der Waals surface area contributed by atoms with Crippen LogP contribution in [0.4, 0.5) is 0 Å². The molecule has 1 aliphatic heterocycles. The van der Waals surface area contributed by atoms with Gasteiger partial charge in [-0.15, -0.1) is 0 Å². The molecule has 0 saturated carbocycles. The van der Waals surface area contributed by atoms with E-state index in [4.69, 9.17) is 4.74 Å². The summed E-state index contributed by atoms with van der Waals surface area (Å²) in [5.74, 6) is -0.0846. The third-order valence-electron chi connectivity index (χ3n) is 3.13. The second kappa shape index (κ2) is 5.73. The average molecular weight is 250 g/mol. The van der Waals surface area contributed by atoms with E-state index in [1.165, 1.54) is 7.11 Å². The number of rotatable bonds is 4. The molecule has 1 heterocycles. The molecule has 98 valence electrons. The number of aromatic hydroxyl groups is 1. The topological polar surface area (TPSA) is 70.6 Å². The van der Waals surface area contributed by atoms with Gasteiger partial charge in [0.15, 0.2) is 11.5 Å². The van der Waals surface area contributed by atoms with Crippen LogP contribution in [0.2, 0.25) is 0 Å². The predicted molar refractivity (Wildman–Crippen MR) is 68.0 cm³/mol. The van der Waals surface area contributed by atoms with Crippen LogP contribution >= 0.6 is 0 Å². The lowest BCUT2D eigenvalue weighted by atomic mass is 10.1. The SMILES string of the molecule is COc1cccc(C(=O)NCC2CCCN2)c1O. The monoisotopic (exact) mass is 250 g/mol. The Morgan fingerprint density at radius 3 is 3.11 bits per heavy atom. The van der Waals surface area contributed by atoms with E-state index < -0.39 is 0 Å². The van der Waals surface area contributed by atoms with Gasteiger partial charge >= 0.3 is 0 Å². The van der Waals surface area contributed by atoms with Crippen LogP contribution in [0.15, 0.2) is 18.2 Å². The number of benzene rings is 1. The Kier molecular flexibility index (Phi) is 4.04. The van der Waals surface area contributed by atoms with Crippen molar-refractivity contribution in [2.45, 2.75) is 18.9 Å². The number of carbonyl (C=O) groups is 1. The van der Waals surface area contributed by atoms with Crippen molar-refractivity contribution in [2.75, 3.05) is 20.2 Å². The number of carbonyl (C=O) groups excluding carboxylic acids is 1. The van der Waals surface area contributed by atoms with E-state index >= 15 is 0 Å². The second-order valence-corrected chi connectivity index (χ2v) is 4.36. The summed E-state index contributed by atoms with van der Waals surface area (Å²) < 4.78 is 4.97. The molecule has 3 N–H and O–H groups in total. The number of phenolic OH excluding ortho intramolecular Hbond substituents is 1. The molecule has 18 heavy (non-hydrogen) atoms. The Morgan fingerprint density at radius 2 is 2.44 bits per heavy atom. The Bertz CT molecular complexity index is 428. The maximum Gasteiger partial charge on any atom is 0.255 e. The summed E-state index contributed by atoms with van der Waals surface area (Å²) in [6.07, 6.45) is 2.22. The van der Waals surface area contributed by atoms with E-state index in [1.54, 1.807) is 18.2 Å². The molecule has 0 aromatic heterocycles. The molecule has 1 saturated heterocycles. The first-order valence-electron chi connectivity index (χ1n) is 6.10. The molecular formula is C13H18N2O3. The van der Waals surface area contributed by atoms with Crippen LogP contribution in [0.25, 0.3) is 0 Å². The van der Waals surface area contributed by atoms with Crippen LogP contribution in [0.5, 0.6) is 11.5 Å². The Labute approximate surface area is 106 Å². The van der Waals surface area contributed by atoms with E-state index in [2.05, 4.69) is 10.6 Å². The third kappa shape index (κ3) is 2.73. The molecule has 0 bridgehead atoms. The van der Waals surface area contributed by atoms with Gasteiger partial charge in [-0.1, -0.05) is 6.07 Å². The lowest BCUT2D eigenvalue weighted by Crippen LogP contribution is -2.37. The molecule has 1 amide bonds. The van der Waals surface area contributed by atoms with Crippen molar-refractivity contribution in [3.63, 3.8) is 0 Å². The molecular weight excluding hydrogens is 232 g/mol. The third-order valence-corrected chi connectivity index (χ3v) is 3.13. The van der Waals surface area contributed by atoms with E-state index in [0.717, 1.165) is 19.4 Å². The lowest BCUT2D eigenvalue weighted by molar-refractivity contribution is 0.0947. The highest BCUT2D eigenvalue weighted by atomic mass is 16.5. The highest BCUT2D eigenvalue weighted by Gasteiger charge is 2.18. The van der Waals surface area contributed by atoms with Gasteiger partial charge < -0.3 is 20.5 Å². The molecule has 5 nitrogen and oxygen atoms in total. The van der Waals surface area contributed by atoms with Crippen molar-refractivity contribution >= 4 is 5.91 Å². The van der Waals surface area contributed by atoms with E-state index in [1.807, 2.05) is 0 Å². The molecule has 1 aromatic rings. The van der Waals surface area contributed by atoms with Gasteiger partial charge in [0.25, 0.3) is 5.91 Å². The fourth-order valence-electron chi connectivity index (χ4n) is 2.11. The molecule has 1 atom stereocenters. The van der Waals surface area contributed by atoms with Crippen molar-refractivity contribution in [2.24, 2.45) is 0 Å². The standard InChI is InChI=1S/C13H18N2O3/c1-18-11-6-2-5-10(12(11)16)13(17)15-8-9-4-3-7-14-9/h2,5-6,9,14,16H,3-4,7-8H2,1H3,(H,15,17). The van der Waals surface area contributed by atoms with Gasteiger partial charge in [0.05, 0.1) is 12.7 Å². The van der Waals surface area contributed by atoms with Gasteiger partial charge in [-0.3, -0.25) is 4.79 Å². The number of amides is 1. The summed E-state index contributed by atoms with van der Waals surface area (Å²) in [4.78, 5) is 11.9. The molecule has 1 aliphatic rings. The largest absolute Gasteiger partial charge is 0.504 e. The van der Waals surface area contributed by atoms with Gasteiger partial charge in [0.2, 0.25) is 0 Å². The zero-order valence-electron chi connectivity index (χ0n) is 10.4. The number of ether oxygens (including phenoxy) is 1. The maximum absolute atomic E-state index is 11.9. The van der Waals surface area contributed by atoms with Crippen LogP contribution in [0, 0.1) is 0 Å². The number of nitrogens with one attached hydrogen (secondary N) is 2. The minimum atomic E-state index is -0.278. The Balaban J connectivity index is 1.99. The van der Waals surface area contributed by atoms with Crippen molar-refractivity contribution in [3.8, 4) is 11.5 Å². The van der Waals surface area contributed by atoms with Gasteiger partial charge in [-0.25, -0.2) is 0 Å². The van der Waals surface area contributed by atoms with Crippen LogP contribution in [0.3, 0.4) is 0 Å². The van der Waals surface area contributed by atoms with Crippen LogP contribution in [-0.4, -0.2) is 37.3 Å². The maximum atomic E-state index is 11.9. The number of methoxy groups -OCH3 is 1. The van der Waals surface area contributed by atoms with E-state index in [0.29, 0.717) is 18.3 Å². The molecule has 2 rings (SSSR count). The number of phenols is 1. The number of hydrogen-bond acceptors (Lipinski definition) is 4. The van der Waals surface area contributed by atoms with Crippen LogP contribution < -0.4 is 15.4 Å². The first kappa shape index (κ1) is 12.7. The fraction of sp³-hybridized carbons (Fsp3) is 0.462. The first-order chi connectivity index (χ1) is 8.72. The molecule has 1 unspecified atom stereocenters. The average Bonchev–Trinajstić information content (AvgIpc) is 2.89. The quantitative estimate of drug-likeness (QED) is 0.742. The summed E-state index contributed by atoms with van der Waals surface area (Å²) >= 11 is 0. The van der Waals surface area contributed by atoms with Crippen molar-refractivity contribution in [3.05, 3.63) is 23.8 Å². The lowest BCUT2D eigenvalue weighted by Gasteiger charge is -2.13. The highest BCUT2D eigenvalue weighted by molar-refractivity contribution is 5.97. The molecule has 5 heteroatoms. The molecule has 1 fully saturated rings. The Morgan fingerprint density at radius 1 is 1.61 bits per heavy atom. The summed E-state index contributed by atoms with van der Waals surface area (Å²) in [7, 11) is 1.46. The van der Waals surface area contributed by atoms with Gasteiger partial charge in [0.1, 0.15) is 0 Å². The minimum Gasteiger partial charge on any atom is -0.504 e. The van der Waals surface area contributed by atoms with Crippen LogP contribution in [-0.2, 0) is 0 Å². The fourth-order valence-corrected chi connectivity index (χ4v) is 2.11. The summed E-state index contributed by atoms with van der Waals surface area (Å²) in [6.45, 7) is 1.58. The Hall–Kier alpha value is -1.75. The smallest absolute Gasteiger partial charge is 0.255 e. The van der Waals surface area contributed by atoms with Crippen molar-refractivity contribution in [1.29, 1.82) is 0 Å². The molecule has 0 radical (unpaired) electrons. The minimum absolute atomic E-state index is 0.114. The molecule has 0 aliphatic carbocycles. The van der Waals surface area contributed by atoms with Gasteiger partial charge in [0, 0.05) is 12.6 Å². The zero-order chi connectivity index (χ0) is 13.0. The van der Waals surface area contributed by atoms with E-state index in [-0.39, 0.29) is 17.2 Å². The first-order valence-corrected chi connectivity index (χ1v) is 6.10. The molecule has 1 aromatic carbocycles. The molecule has 0 spiro atoms. The summed E-state index contributed by atoms with van der Waals surface area (Å²) in [5, 5.41) is 16.0. The van der Waals surface area contributed by atoms with Gasteiger partial charge in [-0.2, -0.15) is 0 Å². The van der Waals surface area contributed by atoms with Gasteiger partial charge in [-0.05, 0) is 31.5 Å². The summed E-state index contributed by atoms with van der Waals surface area (Å²) in [5.41, 5.74) is 0.243. The van der Waals surface area contributed by atoms with Crippen LogP contribution in [0.1, 0.15) is 23.2 Å². The van der Waals surface area contributed by atoms with Crippen molar-refractivity contribution in [1.82, 2.24) is 10.6 Å².